The Kier molecular flexibility index (Phi) is 5.69. The number of rotatable bonds is 6. The van der Waals surface area contributed by atoms with Crippen LogP contribution in [0.5, 0.6) is 5.75 Å². The normalized spacial score (nSPS) is 17.9. The summed E-state index contributed by atoms with van der Waals surface area (Å²) in [5.41, 5.74) is 0.918. The summed E-state index contributed by atoms with van der Waals surface area (Å²) in [6, 6.07) is 7.36. The maximum atomic E-state index is 12.4. The van der Waals surface area contributed by atoms with Crippen LogP contribution in [-0.4, -0.2) is 49.6 Å². The molecule has 5 nitrogen and oxygen atoms in total. The van der Waals surface area contributed by atoms with Crippen molar-refractivity contribution < 1.29 is 27.5 Å². The van der Waals surface area contributed by atoms with Crippen molar-refractivity contribution in [1.82, 2.24) is 10.2 Å². The van der Waals surface area contributed by atoms with Gasteiger partial charge in [0.05, 0.1) is 13.0 Å². The number of likely N-dealkylation sites (tertiary alicyclic amines) is 1. The molecule has 0 saturated carbocycles. The molecule has 0 aliphatic carbocycles. The molecule has 1 aromatic rings. The van der Waals surface area contributed by atoms with E-state index in [4.69, 9.17) is 4.74 Å². The highest BCUT2D eigenvalue weighted by atomic mass is 19.4. The number of para-hydroxylation sites is 1. The molecule has 1 heterocycles. The molecule has 1 N–H and O–H groups in total. The van der Waals surface area contributed by atoms with Gasteiger partial charge in [0.2, 0.25) is 11.8 Å². The Labute approximate surface area is 137 Å². The Balaban J connectivity index is 1.82. The topological polar surface area (TPSA) is 58.6 Å². The fourth-order valence-electron chi connectivity index (χ4n) is 2.69. The fraction of sp³-hybridized carbons (Fsp3) is 0.500. The van der Waals surface area contributed by atoms with Crippen LogP contribution >= 0.6 is 0 Å². The fourth-order valence-corrected chi connectivity index (χ4v) is 2.69. The molecule has 1 aromatic carbocycles. The maximum absolute atomic E-state index is 12.4. The Morgan fingerprint density at radius 3 is 2.75 bits per heavy atom. The molecule has 8 heteroatoms. The largest absolute Gasteiger partial charge is 0.496 e. The molecule has 0 unspecified atom stereocenters. The molecule has 0 radical (unpaired) electrons. The zero-order chi connectivity index (χ0) is 17.7. The van der Waals surface area contributed by atoms with E-state index in [1.807, 2.05) is 24.3 Å². The van der Waals surface area contributed by atoms with E-state index in [9.17, 15) is 22.8 Å². The zero-order valence-electron chi connectivity index (χ0n) is 13.2. The highest BCUT2D eigenvalue weighted by Crippen LogP contribution is 2.24. The standard InChI is InChI=1S/C16H19F3N2O3/c1-24-13-5-3-2-4-11(13)6-7-20-15(23)12-8-14(22)21(9-12)10-16(17,18)19/h2-5,12H,6-10H2,1H3,(H,20,23)/t12-/m0/s1. The quantitative estimate of drug-likeness (QED) is 0.856. The van der Waals surface area contributed by atoms with Crippen LogP contribution in [0.4, 0.5) is 13.2 Å². The van der Waals surface area contributed by atoms with E-state index >= 15 is 0 Å². The van der Waals surface area contributed by atoms with Crippen molar-refractivity contribution in [2.24, 2.45) is 5.92 Å². The Hall–Kier alpha value is -2.25. The Morgan fingerprint density at radius 2 is 2.08 bits per heavy atom. The number of amides is 2. The number of ether oxygens (including phenoxy) is 1. The number of benzene rings is 1. The van der Waals surface area contributed by atoms with Gasteiger partial charge in [-0.2, -0.15) is 13.2 Å². The number of nitrogens with zero attached hydrogens (tertiary/aromatic N) is 1. The van der Waals surface area contributed by atoms with Crippen LogP contribution in [0.2, 0.25) is 0 Å². The number of halogens is 3. The molecule has 132 valence electrons. The molecule has 1 aliphatic heterocycles. The molecule has 0 bridgehead atoms. The minimum absolute atomic E-state index is 0.184. The van der Waals surface area contributed by atoms with Crippen LogP contribution in [0.25, 0.3) is 0 Å². The van der Waals surface area contributed by atoms with E-state index in [2.05, 4.69) is 5.32 Å². The number of carbonyl (C=O) groups is 2. The molecular formula is C16H19F3N2O3. The van der Waals surface area contributed by atoms with E-state index in [1.165, 1.54) is 0 Å². The highest BCUT2D eigenvalue weighted by molar-refractivity contribution is 5.89. The van der Waals surface area contributed by atoms with Gasteiger partial charge < -0.3 is 15.0 Å². The van der Waals surface area contributed by atoms with E-state index < -0.39 is 30.5 Å². The second-order valence-corrected chi connectivity index (χ2v) is 5.64. The predicted octanol–water partition coefficient (Wildman–Crippen LogP) is 1.76. The molecule has 2 amide bonds. The van der Waals surface area contributed by atoms with Gasteiger partial charge >= 0.3 is 6.18 Å². The maximum Gasteiger partial charge on any atom is 0.406 e. The molecule has 1 aliphatic rings. The number of carbonyl (C=O) groups excluding carboxylic acids is 2. The number of alkyl halides is 3. The summed E-state index contributed by atoms with van der Waals surface area (Å²) < 4.78 is 42.3. The van der Waals surface area contributed by atoms with Crippen LogP contribution in [0.1, 0.15) is 12.0 Å². The van der Waals surface area contributed by atoms with Crippen molar-refractivity contribution in [3.63, 3.8) is 0 Å². The first kappa shape index (κ1) is 18.1. The molecule has 0 spiro atoms. The number of hydrogen-bond donors (Lipinski definition) is 1. The van der Waals surface area contributed by atoms with Crippen LogP contribution in [-0.2, 0) is 16.0 Å². The van der Waals surface area contributed by atoms with Gasteiger partial charge in [0.25, 0.3) is 0 Å². The third kappa shape index (κ3) is 4.87. The molecule has 2 rings (SSSR count). The summed E-state index contributed by atoms with van der Waals surface area (Å²) in [5, 5.41) is 2.67. The van der Waals surface area contributed by atoms with Gasteiger partial charge in [-0.25, -0.2) is 0 Å². The summed E-state index contributed by atoms with van der Waals surface area (Å²) in [4.78, 5) is 24.3. The second kappa shape index (κ2) is 7.55. The number of nitrogens with one attached hydrogen (secondary N) is 1. The highest BCUT2D eigenvalue weighted by Gasteiger charge is 2.40. The average Bonchev–Trinajstić information content (AvgIpc) is 2.87. The van der Waals surface area contributed by atoms with Crippen molar-refractivity contribution in [3.8, 4) is 5.75 Å². The van der Waals surface area contributed by atoms with Crippen molar-refractivity contribution in [2.45, 2.75) is 19.0 Å². The summed E-state index contributed by atoms with van der Waals surface area (Å²) in [6.07, 6.45) is -4.11. The van der Waals surface area contributed by atoms with E-state index in [0.29, 0.717) is 23.6 Å². The monoisotopic (exact) mass is 344 g/mol. The van der Waals surface area contributed by atoms with E-state index in [0.717, 1.165) is 5.56 Å². The molecular weight excluding hydrogens is 325 g/mol. The second-order valence-electron chi connectivity index (χ2n) is 5.64. The minimum Gasteiger partial charge on any atom is -0.496 e. The van der Waals surface area contributed by atoms with Crippen molar-refractivity contribution in [2.75, 3.05) is 26.7 Å². The lowest BCUT2D eigenvalue weighted by Gasteiger charge is -2.18. The van der Waals surface area contributed by atoms with Crippen LogP contribution in [0.15, 0.2) is 24.3 Å². The Bertz CT molecular complexity index is 604. The lowest BCUT2D eigenvalue weighted by atomic mass is 10.1. The summed E-state index contributed by atoms with van der Waals surface area (Å²) in [7, 11) is 1.55. The zero-order valence-corrected chi connectivity index (χ0v) is 13.2. The summed E-state index contributed by atoms with van der Waals surface area (Å²) >= 11 is 0. The van der Waals surface area contributed by atoms with Gasteiger partial charge in [-0.1, -0.05) is 18.2 Å². The van der Waals surface area contributed by atoms with Crippen molar-refractivity contribution in [3.05, 3.63) is 29.8 Å². The average molecular weight is 344 g/mol. The first-order valence-electron chi connectivity index (χ1n) is 7.54. The lowest BCUT2D eigenvalue weighted by molar-refractivity contribution is -0.157. The van der Waals surface area contributed by atoms with E-state index in [1.54, 1.807) is 7.11 Å². The molecule has 1 saturated heterocycles. The first-order valence-corrected chi connectivity index (χ1v) is 7.54. The third-order valence-electron chi connectivity index (χ3n) is 3.84. The Morgan fingerprint density at radius 1 is 1.38 bits per heavy atom. The van der Waals surface area contributed by atoms with E-state index in [-0.39, 0.29) is 13.0 Å². The van der Waals surface area contributed by atoms with Crippen LogP contribution < -0.4 is 10.1 Å². The SMILES string of the molecule is COc1ccccc1CCNC(=O)[C@H]1CC(=O)N(CC(F)(F)F)C1. The van der Waals surface area contributed by atoms with Crippen molar-refractivity contribution >= 4 is 11.8 Å². The molecule has 24 heavy (non-hydrogen) atoms. The van der Waals surface area contributed by atoms with Gasteiger partial charge in [0.1, 0.15) is 12.3 Å². The van der Waals surface area contributed by atoms with Crippen molar-refractivity contribution in [1.29, 1.82) is 0 Å². The number of hydrogen-bond acceptors (Lipinski definition) is 3. The summed E-state index contributed by atoms with van der Waals surface area (Å²) in [5.74, 6) is -1.07. The first-order chi connectivity index (χ1) is 11.3. The summed E-state index contributed by atoms with van der Waals surface area (Å²) in [6.45, 7) is -1.18. The van der Waals surface area contributed by atoms with Gasteiger partial charge in [0.15, 0.2) is 0 Å². The molecule has 0 aromatic heterocycles. The van der Waals surface area contributed by atoms with Gasteiger partial charge in [-0.05, 0) is 18.1 Å². The molecule has 1 atom stereocenters. The van der Waals surface area contributed by atoms with Crippen LogP contribution in [0, 0.1) is 5.92 Å². The van der Waals surface area contributed by atoms with Gasteiger partial charge in [-0.3, -0.25) is 9.59 Å². The molecule has 1 fully saturated rings. The van der Waals surface area contributed by atoms with Gasteiger partial charge in [0, 0.05) is 19.5 Å². The lowest BCUT2D eigenvalue weighted by Crippen LogP contribution is -2.37. The van der Waals surface area contributed by atoms with Gasteiger partial charge in [-0.15, -0.1) is 0 Å². The van der Waals surface area contributed by atoms with Crippen LogP contribution in [0.3, 0.4) is 0 Å². The third-order valence-corrected chi connectivity index (χ3v) is 3.84. The minimum atomic E-state index is -4.45. The number of methoxy groups -OCH3 is 1. The smallest absolute Gasteiger partial charge is 0.406 e. The predicted molar refractivity (Wildman–Crippen MR) is 80.4 cm³/mol.